The molecule has 1 aromatic rings. The summed E-state index contributed by atoms with van der Waals surface area (Å²) < 4.78 is 10.5. The molecule has 94 valence electrons. The third kappa shape index (κ3) is 6.06. The van der Waals surface area contributed by atoms with E-state index >= 15 is 0 Å². The first-order chi connectivity index (χ1) is 7.87. The molecule has 6 nitrogen and oxygen atoms in total. The lowest BCUT2D eigenvalue weighted by Crippen LogP contribution is -2.30. The fourth-order valence-corrected chi connectivity index (χ4v) is 1.53. The second-order valence-electron chi connectivity index (χ2n) is 3.64. The number of nitrogens with one attached hydrogen (secondary N) is 2. The maximum absolute atomic E-state index is 11.3. The van der Waals surface area contributed by atoms with Crippen LogP contribution in [0, 0.1) is 6.92 Å². The molecular weight excluding hydrogens is 243 g/mol. The molecule has 0 unspecified atom stereocenters. The highest BCUT2D eigenvalue weighted by Gasteiger charge is 2.12. The number of carbonyl (C=O) groups is 1. The minimum absolute atomic E-state index is 0.0675. The van der Waals surface area contributed by atoms with Gasteiger partial charge >= 0.3 is 13.6 Å². The highest BCUT2D eigenvalue weighted by atomic mass is 31.2. The summed E-state index contributed by atoms with van der Waals surface area (Å²) in [5.41, 5.74) is 1.71. The lowest BCUT2D eigenvalue weighted by Gasteiger charge is -2.08. The van der Waals surface area contributed by atoms with Crippen molar-refractivity contribution in [3.63, 3.8) is 0 Å². The fourth-order valence-electron chi connectivity index (χ4n) is 1.13. The number of hydrogen-bond donors (Lipinski definition) is 4. The van der Waals surface area contributed by atoms with E-state index in [9.17, 15) is 9.36 Å². The monoisotopic (exact) mass is 258 g/mol. The number of amides is 2. The van der Waals surface area contributed by atoms with Gasteiger partial charge in [-0.15, -0.1) is 0 Å². The van der Waals surface area contributed by atoms with E-state index in [0.717, 1.165) is 5.56 Å². The van der Waals surface area contributed by atoms with E-state index in [-0.39, 0.29) is 12.7 Å². The number of benzene rings is 1. The van der Waals surface area contributed by atoms with Crippen LogP contribution >= 0.6 is 7.60 Å². The first kappa shape index (κ1) is 13.7. The van der Waals surface area contributed by atoms with E-state index in [2.05, 4.69) is 10.6 Å². The van der Waals surface area contributed by atoms with Crippen LogP contribution in [0.4, 0.5) is 10.5 Å². The Morgan fingerprint density at radius 1 is 1.29 bits per heavy atom. The van der Waals surface area contributed by atoms with E-state index in [0.29, 0.717) is 5.69 Å². The third-order valence-electron chi connectivity index (χ3n) is 2.00. The average Bonchev–Trinajstić information content (AvgIpc) is 2.19. The summed E-state index contributed by atoms with van der Waals surface area (Å²) in [6.07, 6.45) is -0.367. The van der Waals surface area contributed by atoms with Gasteiger partial charge in [0.15, 0.2) is 0 Å². The molecule has 0 saturated heterocycles. The van der Waals surface area contributed by atoms with Gasteiger partial charge in [0.1, 0.15) is 0 Å². The normalized spacial score (nSPS) is 11.0. The summed E-state index contributed by atoms with van der Waals surface area (Å²) in [4.78, 5) is 28.5. The summed E-state index contributed by atoms with van der Waals surface area (Å²) in [6, 6.07) is 6.72. The molecule has 0 saturated carbocycles. The van der Waals surface area contributed by atoms with Crippen LogP contribution in [0.15, 0.2) is 24.3 Å². The molecular formula is C10H15N2O4P. The average molecular weight is 258 g/mol. The van der Waals surface area contributed by atoms with E-state index in [1.165, 1.54) is 0 Å². The molecule has 0 aliphatic heterocycles. The van der Waals surface area contributed by atoms with Crippen molar-refractivity contribution in [1.82, 2.24) is 5.32 Å². The molecule has 0 spiro atoms. The van der Waals surface area contributed by atoms with Crippen LogP contribution in [0.5, 0.6) is 0 Å². The minimum atomic E-state index is -4.05. The predicted molar refractivity (Wildman–Crippen MR) is 65.1 cm³/mol. The Kier molecular flexibility index (Phi) is 4.69. The number of hydrogen-bond acceptors (Lipinski definition) is 2. The van der Waals surface area contributed by atoms with Gasteiger partial charge in [0.25, 0.3) is 0 Å². The van der Waals surface area contributed by atoms with Crippen molar-refractivity contribution in [3.8, 4) is 0 Å². The summed E-state index contributed by atoms with van der Waals surface area (Å²) in [6.45, 7) is 1.87. The Hall–Kier alpha value is -1.36. The largest absolute Gasteiger partial charge is 0.337 e. The van der Waals surface area contributed by atoms with Gasteiger partial charge in [0.05, 0.1) is 6.16 Å². The fraction of sp³-hybridized carbons (Fsp3) is 0.300. The Balaban J connectivity index is 2.35. The molecule has 0 aliphatic rings. The maximum atomic E-state index is 11.3. The van der Waals surface area contributed by atoms with Gasteiger partial charge in [0, 0.05) is 12.2 Å². The van der Waals surface area contributed by atoms with E-state index < -0.39 is 13.6 Å². The lowest BCUT2D eigenvalue weighted by atomic mass is 10.2. The van der Waals surface area contributed by atoms with Crippen molar-refractivity contribution in [2.45, 2.75) is 6.92 Å². The van der Waals surface area contributed by atoms with Crippen LogP contribution in [0.25, 0.3) is 0 Å². The van der Waals surface area contributed by atoms with Crippen LogP contribution in [0.3, 0.4) is 0 Å². The van der Waals surface area contributed by atoms with Crippen LogP contribution < -0.4 is 10.6 Å². The van der Waals surface area contributed by atoms with Gasteiger partial charge < -0.3 is 20.4 Å². The molecule has 1 aromatic carbocycles. The van der Waals surface area contributed by atoms with Crippen LogP contribution in [-0.2, 0) is 4.57 Å². The maximum Gasteiger partial charge on any atom is 0.327 e. The number of urea groups is 1. The highest BCUT2D eigenvalue weighted by molar-refractivity contribution is 7.51. The SMILES string of the molecule is Cc1ccc(NC(=O)NCCP(=O)(O)O)cc1. The quantitative estimate of drug-likeness (QED) is 0.611. The summed E-state index contributed by atoms with van der Waals surface area (Å²) in [7, 11) is -4.05. The Morgan fingerprint density at radius 3 is 2.41 bits per heavy atom. The van der Waals surface area contributed by atoms with E-state index in [1.807, 2.05) is 19.1 Å². The van der Waals surface area contributed by atoms with Crippen LogP contribution in [0.1, 0.15) is 5.56 Å². The highest BCUT2D eigenvalue weighted by Crippen LogP contribution is 2.32. The van der Waals surface area contributed by atoms with E-state index in [4.69, 9.17) is 9.79 Å². The molecule has 2 amide bonds. The summed E-state index contributed by atoms with van der Waals surface area (Å²) in [5.74, 6) is 0. The van der Waals surface area contributed by atoms with Crippen molar-refractivity contribution < 1.29 is 19.1 Å². The van der Waals surface area contributed by atoms with Gasteiger partial charge in [0.2, 0.25) is 0 Å². The zero-order chi connectivity index (χ0) is 12.9. The molecule has 0 aliphatic carbocycles. The zero-order valence-electron chi connectivity index (χ0n) is 9.38. The Morgan fingerprint density at radius 2 is 1.88 bits per heavy atom. The smallest absolute Gasteiger partial charge is 0.327 e. The van der Waals surface area contributed by atoms with Crippen molar-refractivity contribution >= 4 is 19.3 Å². The first-order valence-corrected chi connectivity index (χ1v) is 6.83. The second-order valence-corrected chi connectivity index (χ2v) is 5.41. The molecule has 0 radical (unpaired) electrons. The van der Waals surface area contributed by atoms with Crippen molar-refractivity contribution in [1.29, 1.82) is 0 Å². The van der Waals surface area contributed by atoms with Gasteiger partial charge in [-0.25, -0.2) is 4.79 Å². The molecule has 0 heterocycles. The Labute approximate surface area is 99.2 Å². The van der Waals surface area contributed by atoms with Crippen molar-refractivity contribution in [2.24, 2.45) is 0 Å². The third-order valence-corrected chi connectivity index (χ3v) is 2.80. The zero-order valence-corrected chi connectivity index (χ0v) is 10.3. The molecule has 4 N–H and O–H groups in total. The second kappa shape index (κ2) is 5.82. The van der Waals surface area contributed by atoms with Gasteiger partial charge in [-0.3, -0.25) is 4.57 Å². The molecule has 1 rings (SSSR count). The summed E-state index contributed by atoms with van der Waals surface area (Å²) in [5, 5.41) is 4.91. The lowest BCUT2D eigenvalue weighted by molar-refractivity contribution is 0.252. The molecule has 0 atom stereocenters. The topological polar surface area (TPSA) is 98.7 Å². The Bertz CT molecular complexity index is 426. The van der Waals surface area contributed by atoms with Gasteiger partial charge in [-0.2, -0.15) is 0 Å². The number of rotatable bonds is 4. The van der Waals surface area contributed by atoms with Crippen molar-refractivity contribution in [3.05, 3.63) is 29.8 Å². The minimum Gasteiger partial charge on any atom is -0.337 e. The van der Waals surface area contributed by atoms with Gasteiger partial charge in [-0.05, 0) is 19.1 Å². The molecule has 17 heavy (non-hydrogen) atoms. The van der Waals surface area contributed by atoms with Crippen LogP contribution in [0.2, 0.25) is 0 Å². The first-order valence-electron chi connectivity index (χ1n) is 5.03. The van der Waals surface area contributed by atoms with Gasteiger partial charge in [-0.1, -0.05) is 17.7 Å². The molecule has 7 heteroatoms. The molecule has 0 fully saturated rings. The summed E-state index contributed by atoms with van der Waals surface area (Å²) >= 11 is 0. The number of aryl methyl sites for hydroxylation is 1. The predicted octanol–water partition coefficient (Wildman–Crippen LogP) is 1.29. The molecule has 0 bridgehead atoms. The van der Waals surface area contributed by atoms with Crippen LogP contribution in [-0.4, -0.2) is 28.5 Å². The standard InChI is InChI=1S/C10H15N2O4P/c1-8-2-4-9(5-3-8)12-10(13)11-6-7-17(14,15)16/h2-5H,6-7H2,1H3,(H2,11,12,13)(H2,14,15,16). The number of anilines is 1. The molecule has 0 aromatic heterocycles. The van der Waals surface area contributed by atoms with E-state index in [1.54, 1.807) is 12.1 Å². The van der Waals surface area contributed by atoms with Crippen molar-refractivity contribution in [2.75, 3.05) is 18.0 Å². The number of carbonyl (C=O) groups excluding carboxylic acids is 1.